The van der Waals surface area contributed by atoms with Crippen molar-refractivity contribution in [3.05, 3.63) is 34.9 Å². The van der Waals surface area contributed by atoms with Crippen molar-refractivity contribution in [1.82, 2.24) is 10.2 Å². The summed E-state index contributed by atoms with van der Waals surface area (Å²) in [6, 6.07) is 7.77. The molecular weight excluding hydrogens is 210 g/mol. The summed E-state index contributed by atoms with van der Waals surface area (Å²) >= 11 is 5.80. The summed E-state index contributed by atoms with van der Waals surface area (Å²) in [5.74, 6) is 0.866. The van der Waals surface area contributed by atoms with Crippen LogP contribution in [0.15, 0.2) is 29.3 Å². The van der Waals surface area contributed by atoms with E-state index in [9.17, 15) is 0 Å². The molecule has 0 bridgehead atoms. The highest BCUT2D eigenvalue weighted by atomic mass is 35.5. The van der Waals surface area contributed by atoms with Gasteiger partial charge in [-0.3, -0.25) is 4.99 Å². The molecule has 4 heteroatoms. The van der Waals surface area contributed by atoms with Crippen LogP contribution >= 0.6 is 11.6 Å². The van der Waals surface area contributed by atoms with Crippen LogP contribution < -0.4 is 5.32 Å². The highest BCUT2D eigenvalue weighted by Gasteiger charge is 1.99. The number of nitrogens with zero attached hydrogens (tertiary/aromatic N) is 2. The zero-order chi connectivity index (χ0) is 11.3. The second kappa shape index (κ2) is 5.61. The lowest BCUT2D eigenvalue weighted by Crippen LogP contribution is -2.35. The first-order chi connectivity index (χ1) is 7.13. The van der Waals surface area contributed by atoms with E-state index in [1.54, 1.807) is 7.05 Å². The van der Waals surface area contributed by atoms with Crippen LogP contribution in [0.1, 0.15) is 5.56 Å². The molecule has 0 atom stereocenters. The van der Waals surface area contributed by atoms with E-state index in [0.717, 1.165) is 17.5 Å². The SMILES string of the molecule is CN=C(NCc1ccc(Cl)cc1)N(C)C. The van der Waals surface area contributed by atoms with E-state index in [1.165, 1.54) is 5.56 Å². The molecule has 1 aromatic rings. The zero-order valence-electron chi connectivity index (χ0n) is 9.29. The predicted molar refractivity (Wildman–Crippen MR) is 65.3 cm³/mol. The fourth-order valence-corrected chi connectivity index (χ4v) is 1.35. The van der Waals surface area contributed by atoms with Gasteiger partial charge in [0.15, 0.2) is 5.96 Å². The van der Waals surface area contributed by atoms with Crippen molar-refractivity contribution >= 4 is 17.6 Å². The first-order valence-electron chi connectivity index (χ1n) is 4.76. The molecular formula is C11H16ClN3. The summed E-state index contributed by atoms with van der Waals surface area (Å²) in [6.07, 6.45) is 0. The Bertz CT molecular complexity index is 330. The third-order valence-corrected chi connectivity index (χ3v) is 2.25. The average Bonchev–Trinajstić information content (AvgIpc) is 2.21. The summed E-state index contributed by atoms with van der Waals surface area (Å²) in [5, 5.41) is 4.00. The number of halogens is 1. The number of hydrogen-bond donors (Lipinski definition) is 1. The van der Waals surface area contributed by atoms with Crippen LogP contribution in [0.25, 0.3) is 0 Å². The van der Waals surface area contributed by atoms with E-state index in [4.69, 9.17) is 11.6 Å². The number of nitrogens with one attached hydrogen (secondary N) is 1. The molecule has 0 amide bonds. The number of hydrogen-bond acceptors (Lipinski definition) is 1. The van der Waals surface area contributed by atoms with Crippen molar-refractivity contribution in [1.29, 1.82) is 0 Å². The van der Waals surface area contributed by atoms with Crippen LogP contribution in [0.5, 0.6) is 0 Å². The minimum Gasteiger partial charge on any atom is -0.352 e. The van der Waals surface area contributed by atoms with Crippen LogP contribution in [0.4, 0.5) is 0 Å². The number of benzene rings is 1. The molecule has 0 saturated heterocycles. The Balaban J connectivity index is 2.53. The highest BCUT2D eigenvalue weighted by molar-refractivity contribution is 6.30. The van der Waals surface area contributed by atoms with Gasteiger partial charge in [-0.25, -0.2) is 0 Å². The van der Waals surface area contributed by atoms with Gasteiger partial charge >= 0.3 is 0 Å². The first kappa shape index (κ1) is 11.9. The molecule has 1 aromatic carbocycles. The van der Waals surface area contributed by atoms with Gasteiger partial charge in [0.05, 0.1) is 0 Å². The van der Waals surface area contributed by atoms with Crippen LogP contribution in [0.2, 0.25) is 5.02 Å². The van der Waals surface area contributed by atoms with Gasteiger partial charge in [0.1, 0.15) is 0 Å². The molecule has 0 aliphatic rings. The third-order valence-electron chi connectivity index (χ3n) is 2.00. The maximum absolute atomic E-state index is 5.80. The summed E-state index contributed by atoms with van der Waals surface area (Å²) in [6.45, 7) is 0.752. The first-order valence-corrected chi connectivity index (χ1v) is 5.13. The van der Waals surface area contributed by atoms with Gasteiger partial charge in [-0.2, -0.15) is 0 Å². The molecule has 1 N–H and O–H groups in total. The largest absolute Gasteiger partial charge is 0.352 e. The molecule has 15 heavy (non-hydrogen) atoms. The molecule has 82 valence electrons. The zero-order valence-corrected chi connectivity index (χ0v) is 10.0. The molecule has 0 spiro atoms. The molecule has 3 nitrogen and oxygen atoms in total. The smallest absolute Gasteiger partial charge is 0.193 e. The van der Waals surface area contributed by atoms with Crippen LogP contribution in [-0.2, 0) is 6.54 Å². The van der Waals surface area contributed by atoms with Crippen molar-refractivity contribution in [2.24, 2.45) is 4.99 Å². The second-order valence-electron chi connectivity index (χ2n) is 3.42. The lowest BCUT2D eigenvalue weighted by Gasteiger charge is -2.16. The Morgan fingerprint density at radius 2 is 1.93 bits per heavy atom. The molecule has 0 unspecified atom stereocenters. The average molecular weight is 226 g/mol. The number of rotatable bonds is 2. The van der Waals surface area contributed by atoms with Crippen molar-refractivity contribution in [3.63, 3.8) is 0 Å². The van der Waals surface area contributed by atoms with Crippen molar-refractivity contribution < 1.29 is 0 Å². The van der Waals surface area contributed by atoms with Gasteiger partial charge in [-0.05, 0) is 17.7 Å². The lowest BCUT2D eigenvalue weighted by molar-refractivity contribution is 0.583. The minimum atomic E-state index is 0.752. The normalized spacial score (nSPS) is 11.3. The maximum Gasteiger partial charge on any atom is 0.193 e. The van der Waals surface area contributed by atoms with E-state index in [1.807, 2.05) is 43.3 Å². The molecule has 0 aromatic heterocycles. The summed E-state index contributed by atoms with van der Waals surface area (Å²) in [5.41, 5.74) is 1.18. The molecule has 0 aliphatic heterocycles. The molecule has 0 aliphatic carbocycles. The summed E-state index contributed by atoms with van der Waals surface area (Å²) < 4.78 is 0. The second-order valence-corrected chi connectivity index (χ2v) is 3.86. The maximum atomic E-state index is 5.80. The van der Waals surface area contributed by atoms with Crippen molar-refractivity contribution in [2.45, 2.75) is 6.54 Å². The Kier molecular flexibility index (Phi) is 4.43. The Labute approximate surface area is 95.8 Å². The number of aliphatic imine (C=N–C) groups is 1. The van der Waals surface area contributed by atoms with E-state index in [0.29, 0.717) is 0 Å². The standard InChI is InChI=1S/C11H16ClN3/c1-13-11(15(2)3)14-8-9-4-6-10(12)7-5-9/h4-7H,8H2,1-3H3,(H,13,14). The van der Waals surface area contributed by atoms with Crippen LogP contribution in [0.3, 0.4) is 0 Å². The van der Waals surface area contributed by atoms with Gasteiger partial charge in [0.25, 0.3) is 0 Å². The summed E-state index contributed by atoms with van der Waals surface area (Å²) in [4.78, 5) is 6.07. The quantitative estimate of drug-likeness (QED) is 0.616. The highest BCUT2D eigenvalue weighted by Crippen LogP contribution is 2.09. The monoisotopic (exact) mass is 225 g/mol. The van der Waals surface area contributed by atoms with E-state index in [2.05, 4.69) is 10.3 Å². The van der Waals surface area contributed by atoms with Gasteiger partial charge < -0.3 is 10.2 Å². The number of guanidine groups is 1. The Morgan fingerprint density at radius 3 is 2.40 bits per heavy atom. The van der Waals surface area contributed by atoms with Gasteiger partial charge in [-0.15, -0.1) is 0 Å². The van der Waals surface area contributed by atoms with Gasteiger partial charge in [0, 0.05) is 32.7 Å². The van der Waals surface area contributed by atoms with Crippen molar-refractivity contribution in [2.75, 3.05) is 21.1 Å². The van der Waals surface area contributed by atoms with E-state index in [-0.39, 0.29) is 0 Å². The molecule has 0 radical (unpaired) electrons. The van der Waals surface area contributed by atoms with E-state index >= 15 is 0 Å². The fourth-order valence-electron chi connectivity index (χ4n) is 1.22. The van der Waals surface area contributed by atoms with Gasteiger partial charge in [-0.1, -0.05) is 23.7 Å². The predicted octanol–water partition coefficient (Wildman–Crippen LogP) is 1.98. The molecule has 0 heterocycles. The Hall–Kier alpha value is -1.22. The van der Waals surface area contributed by atoms with Gasteiger partial charge in [0.2, 0.25) is 0 Å². The lowest BCUT2D eigenvalue weighted by atomic mass is 10.2. The van der Waals surface area contributed by atoms with E-state index < -0.39 is 0 Å². The summed E-state index contributed by atoms with van der Waals surface area (Å²) in [7, 11) is 5.68. The Morgan fingerprint density at radius 1 is 1.33 bits per heavy atom. The van der Waals surface area contributed by atoms with Crippen molar-refractivity contribution in [3.8, 4) is 0 Å². The molecule has 1 rings (SSSR count). The fraction of sp³-hybridized carbons (Fsp3) is 0.364. The topological polar surface area (TPSA) is 27.6 Å². The molecule has 0 saturated carbocycles. The molecule has 0 fully saturated rings. The third kappa shape index (κ3) is 3.80. The minimum absolute atomic E-state index is 0.752. The van der Waals surface area contributed by atoms with Crippen LogP contribution in [-0.4, -0.2) is 32.0 Å². The van der Waals surface area contributed by atoms with Crippen LogP contribution in [0, 0.1) is 0 Å².